The Morgan fingerprint density at radius 3 is 3.00 bits per heavy atom. The largest absolute Gasteiger partial charge is 0.390 e. The van der Waals surface area contributed by atoms with E-state index in [4.69, 9.17) is 0 Å². The lowest BCUT2D eigenvalue weighted by Gasteiger charge is -2.08. The molecule has 4 nitrogen and oxygen atoms in total. The van der Waals surface area contributed by atoms with E-state index >= 15 is 0 Å². The average molecular weight is 180 g/mol. The van der Waals surface area contributed by atoms with Crippen molar-refractivity contribution in [1.82, 2.24) is 9.55 Å². The molecule has 0 aliphatic heterocycles. The average Bonchev–Trinajstić information content (AvgIpc) is 2.83. The molecule has 0 aromatic carbocycles. The van der Waals surface area contributed by atoms with Gasteiger partial charge >= 0.3 is 0 Å². The van der Waals surface area contributed by atoms with Crippen LogP contribution >= 0.6 is 0 Å². The highest BCUT2D eigenvalue weighted by Gasteiger charge is 2.39. The molecule has 1 heterocycles. The van der Waals surface area contributed by atoms with E-state index in [9.17, 15) is 9.90 Å². The van der Waals surface area contributed by atoms with Gasteiger partial charge in [-0.05, 0) is 19.3 Å². The Morgan fingerprint density at radius 2 is 2.38 bits per heavy atom. The maximum Gasteiger partial charge on any atom is 0.268 e. The summed E-state index contributed by atoms with van der Waals surface area (Å²) < 4.78 is 1.57. The standard InChI is InChI=1S/C9H12N2O2/c12-8-7-10-4-6-11(8)5-3-9(13)1-2-9/h4,6-7,13H,1-3,5H2. The Balaban J connectivity index is 2.02. The fraction of sp³-hybridized carbons (Fsp3) is 0.556. The molecule has 0 atom stereocenters. The molecule has 0 spiro atoms. The van der Waals surface area contributed by atoms with Crippen molar-refractivity contribution < 1.29 is 5.11 Å². The monoisotopic (exact) mass is 180 g/mol. The van der Waals surface area contributed by atoms with E-state index in [-0.39, 0.29) is 5.56 Å². The summed E-state index contributed by atoms with van der Waals surface area (Å²) in [6, 6.07) is 0. The molecule has 0 bridgehead atoms. The molecule has 2 rings (SSSR count). The van der Waals surface area contributed by atoms with Crippen LogP contribution in [0.2, 0.25) is 0 Å². The van der Waals surface area contributed by atoms with E-state index in [1.54, 1.807) is 17.0 Å². The zero-order chi connectivity index (χ0) is 9.31. The smallest absolute Gasteiger partial charge is 0.268 e. The van der Waals surface area contributed by atoms with Gasteiger partial charge in [0.25, 0.3) is 5.56 Å². The van der Waals surface area contributed by atoms with Crippen LogP contribution in [-0.2, 0) is 6.54 Å². The van der Waals surface area contributed by atoms with Gasteiger partial charge in [-0.3, -0.25) is 9.78 Å². The fourth-order valence-electron chi connectivity index (χ4n) is 1.28. The lowest BCUT2D eigenvalue weighted by Crippen LogP contribution is -2.22. The van der Waals surface area contributed by atoms with Gasteiger partial charge in [0.05, 0.1) is 11.8 Å². The van der Waals surface area contributed by atoms with Gasteiger partial charge in [0.2, 0.25) is 0 Å². The number of aliphatic hydroxyl groups is 1. The number of aryl methyl sites for hydroxylation is 1. The summed E-state index contributed by atoms with van der Waals surface area (Å²) in [7, 11) is 0. The maximum atomic E-state index is 11.2. The predicted octanol–water partition coefficient (Wildman–Crippen LogP) is 0.158. The molecule has 1 aromatic heterocycles. The van der Waals surface area contributed by atoms with Crippen molar-refractivity contribution in [3.63, 3.8) is 0 Å². The van der Waals surface area contributed by atoms with E-state index in [0.29, 0.717) is 13.0 Å². The number of rotatable bonds is 3. The minimum atomic E-state index is -0.483. The summed E-state index contributed by atoms with van der Waals surface area (Å²) >= 11 is 0. The Hall–Kier alpha value is -1.16. The molecule has 1 saturated carbocycles. The molecular weight excluding hydrogens is 168 g/mol. The highest BCUT2D eigenvalue weighted by Crippen LogP contribution is 2.38. The molecule has 0 unspecified atom stereocenters. The molecule has 1 fully saturated rings. The van der Waals surface area contributed by atoms with Gasteiger partial charge in [-0.1, -0.05) is 0 Å². The van der Waals surface area contributed by atoms with Gasteiger partial charge in [0.15, 0.2) is 0 Å². The van der Waals surface area contributed by atoms with Crippen LogP contribution in [0.1, 0.15) is 19.3 Å². The second-order valence-corrected chi connectivity index (χ2v) is 3.58. The summed E-state index contributed by atoms with van der Waals surface area (Å²) in [4.78, 5) is 14.9. The lowest BCUT2D eigenvalue weighted by atomic mass is 10.2. The second-order valence-electron chi connectivity index (χ2n) is 3.58. The number of aromatic nitrogens is 2. The van der Waals surface area contributed by atoms with Gasteiger partial charge in [-0.15, -0.1) is 0 Å². The van der Waals surface area contributed by atoms with Crippen LogP contribution in [0.4, 0.5) is 0 Å². The van der Waals surface area contributed by atoms with Crippen LogP contribution in [0, 0.1) is 0 Å². The normalized spacial score (nSPS) is 18.5. The molecule has 1 aliphatic carbocycles. The van der Waals surface area contributed by atoms with Gasteiger partial charge in [-0.2, -0.15) is 0 Å². The first-order chi connectivity index (χ1) is 6.20. The maximum absolute atomic E-state index is 11.2. The molecule has 1 aliphatic rings. The predicted molar refractivity (Wildman–Crippen MR) is 47.3 cm³/mol. The lowest BCUT2D eigenvalue weighted by molar-refractivity contribution is 0.134. The van der Waals surface area contributed by atoms with Crippen LogP contribution in [-0.4, -0.2) is 20.3 Å². The first kappa shape index (κ1) is 8.44. The third-order valence-corrected chi connectivity index (χ3v) is 2.45. The van der Waals surface area contributed by atoms with Crippen LogP contribution in [0.5, 0.6) is 0 Å². The number of hydrogen-bond donors (Lipinski definition) is 1. The van der Waals surface area contributed by atoms with E-state index in [2.05, 4.69) is 4.98 Å². The number of nitrogens with zero attached hydrogens (tertiary/aromatic N) is 2. The minimum absolute atomic E-state index is 0.105. The van der Waals surface area contributed by atoms with Crippen molar-refractivity contribution in [3.8, 4) is 0 Å². The van der Waals surface area contributed by atoms with Crippen molar-refractivity contribution in [3.05, 3.63) is 28.9 Å². The summed E-state index contributed by atoms with van der Waals surface area (Å²) in [5.41, 5.74) is -0.588. The van der Waals surface area contributed by atoms with Gasteiger partial charge in [0, 0.05) is 18.9 Å². The molecule has 0 radical (unpaired) electrons. The quantitative estimate of drug-likeness (QED) is 0.720. The number of hydrogen-bond acceptors (Lipinski definition) is 3. The third kappa shape index (κ3) is 1.95. The fourth-order valence-corrected chi connectivity index (χ4v) is 1.28. The molecule has 70 valence electrons. The Morgan fingerprint density at radius 1 is 1.62 bits per heavy atom. The van der Waals surface area contributed by atoms with Crippen LogP contribution < -0.4 is 5.56 Å². The summed E-state index contributed by atoms with van der Waals surface area (Å²) in [6.45, 7) is 0.581. The van der Waals surface area contributed by atoms with Crippen molar-refractivity contribution in [2.24, 2.45) is 0 Å². The van der Waals surface area contributed by atoms with E-state index in [1.165, 1.54) is 6.20 Å². The molecule has 1 aromatic rings. The van der Waals surface area contributed by atoms with E-state index in [1.807, 2.05) is 0 Å². The molecular formula is C9H12N2O2. The van der Waals surface area contributed by atoms with E-state index in [0.717, 1.165) is 12.8 Å². The second kappa shape index (κ2) is 2.96. The summed E-state index contributed by atoms with van der Waals surface area (Å²) in [6.07, 6.45) is 6.92. The van der Waals surface area contributed by atoms with Crippen LogP contribution in [0.15, 0.2) is 23.4 Å². The van der Waals surface area contributed by atoms with Crippen molar-refractivity contribution in [1.29, 1.82) is 0 Å². The first-order valence-corrected chi connectivity index (χ1v) is 4.42. The third-order valence-electron chi connectivity index (χ3n) is 2.45. The molecule has 13 heavy (non-hydrogen) atoms. The van der Waals surface area contributed by atoms with Crippen molar-refractivity contribution in [2.75, 3.05) is 0 Å². The molecule has 4 heteroatoms. The first-order valence-electron chi connectivity index (χ1n) is 4.42. The zero-order valence-corrected chi connectivity index (χ0v) is 7.31. The van der Waals surface area contributed by atoms with Gasteiger partial charge in [-0.25, -0.2) is 0 Å². The van der Waals surface area contributed by atoms with Gasteiger partial charge < -0.3 is 9.67 Å². The zero-order valence-electron chi connectivity index (χ0n) is 7.31. The Labute approximate surface area is 75.9 Å². The highest BCUT2D eigenvalue weighted by atomic mass is 16.3. The minimum Gasteiger partial charge on any atom is -0.390 e. The van der Waals surface area contributed by atoms with E-state index < -0.39 is 5.60 Å². The Kier molecular flexibility index (Phi) is 1.92. The Bertz CT molecular complexity index is 355. The van der Waals surface area contributed by atoms with Crippen molar-refractivity contribution in [2.45, 2.75) is 31.4 Å². The van der Waals surface area contributed by atoms with Gasteiger partial charge in [0.1, 0.15) is 0 Å². The topological polar surface area (TPSA) is 55.1 Å². The van der Waals surface area contributed by atoms with Crippen LogP contribution in [0.3, 0.4) is 0 Å². The summed E-state index contributed by atoms with van der Waals surface area (Å²) in [5.74, 6) is 0. The SMILES string of the molecule is O=c1cnccn1CCC1(O)CC1. The molecule has 0 amide bonds. The summed E-state index contributed by atoms with van der Waals surface area (Å²) in [5, 5.41) is 9.55. The molecule has 1 N–H and O–H groups in total. The highest BCUT2D eigenvalue weighted by molar-refractivity contribution is 4.93. The van der Waals surface area contributed by atoms with Crippen molar-refractivity contribution >= 4 is 0 Å². The molecule has 0 saturated heterocycles. The van der Waals surface area contributed by atoms with Crippen LogP contribution in [0.25, 0.3) is 0 Å².